The van der Waals surface area contributed by atoms with Gasteiger partial charge in [0, 0.05) is 19.6 Å². The Morgan fingerprint density at radius 1 is 1.44 bits per heavy atom. The van der Waals surface area contributed by atoms with Crippen LogP contribution in [0.4, 0.5) is 0 Å². The molecule has 6 heteroatoms. The van der Waals surface area contributed by atoms with Gasteiger partial charge in [0.1, 0.15) is 4.21 Å². The summed E-state index contributed by atoms with van der Waals surface area (Å²) in [5, 5.41) is 1.81. The normalized spacial score (nSPS) is 14.1. The van der Waals surface area contributed by atoms with Crippen molar-refractivity contribution in [3.8, 4) is 0 Å². The van der Waals surface area contributed by atoms with Crippen molar-refractivity contribution in [1.82, 2.24) is 4.31 Å². The molecule has 0 aromatic carbocycles. The van der Waals surface area contributed by atoms with Gasteiger partial charge in [-0.25, -0.2) is 8.42 Å². The van der Waals surface area contributed by atoms with Crippen molar-refractivity contribution >= 4 is 21.4 Å². The second-order valence-corrected chi connectivity index (χ2v) is 7.52. The van der Waals surface area contributed by atoms with Crippen molar-refractivity contribution in [3.05, 3.63) is 17.0 Å². The van der Waals surface area contributed by atoms with Crippen LogP contribution in [0, 0.1) is 5.92 Å². The molecule has 2 N–H and O–H groups in total. The molecule has 0 saturated carbocycles. The molecule has 0 radical (unpaired) electrons. The van der Waals surface area contributed by atoms with Gasteiger partial charge in [-0.15, -0.1) is 11.3 Å². The Kier molecular flexibility index (Phi) is 5.78. The van der Waals surface area contributed by atoms with E-state index in [0.717, 1.165) is 12.0 Å². The molecule has 1 rings (SSSR count). The molecular weight excluding hydrogens is 268 g/mol. The first-order valence-corrected chi connectivity index (χ1v) is 8.55. The summed E-state index contributed by atoms with van der Waals surface area (Å²) in [5.41, 5.74) is 6.39. The second kappa shape index (κ2) is 6.65. The fourth-order valence-corrected chi connectivity index (χ4v) is 4.54. The lowest BCUT2D eigenvalue weighted by molar-refractivity contribution is 0.362. The van der Waals surface area contributed by atoms with Crippen LogP contribution < -0.4 is 5.73 Å². The lowest BCUT2D eigenvalue weighted by Gasteiger charge is -2.22. The molecule has 0 bridgehead atoms. The predicted molar refractivity (Wildman–Crippen MR) is 76.1 cm³/mol. The molecule has 1 atom stereocenters. The first kappa shape index (κ1) is 15.6. The number of nitrogens with two attached hydrogens (primary N) is 1. The van der Waals surface area contributed by atoms with Crippen molar-refractivity contribution in [2.75, 3.05) is 13.1 Å². The topological polar surface area (TPSA) is 63.4 Å². The van der Waals surface area contributed by atoms with Crippen molar-refractivity contribution < 1.29 is 8.42 Å². The van der Waals surface area contributed by atoms with Crippen LogP contribution in [0.15, 0.2) is 15.7 Å². The average Bonchev–Trinajstić information content (AvgIpc) is 2.84. The number of hydrogen-bond acceptors (Lipinski definition) is 4. The van der Waals surface area contributed by atoms with Gasteiger partial charge in [-0.2, -0.15) is 4.31 Å². The van der Waals surface area contributed by atoms with E-state index in [1.165, 1.54) is 11.3 Å². The Labute approximate surface area is 114 Å². The van der Waals surface area contributed by atoms with Crippen LogP contribution in [0.25, 0.3) is 0 Å². The molecule has 1 unspecified atom stereocenters. The van der Waals surface area contributed by atoms with Gasteiger partial charge in [0.05, 0.1) is 0 Å². The van der Waals surface area contributed by atoms with Crippen molar-refractivity contribution in [3.63, 3.8) is 0 Å². The average molecular weight is 290 g/mol. The van der Waals surface area contributed by atoms with Crippen LogP contribution in [0.1, 0.15) is 32.8 Å². The largest absolute Gasteiger partial charge is 0.326 e. The molecule has 0 aliphatic carbocycles. The third-order valence-corrected chi connectivity index (χ3v) is 6.43. The van der Waals surface area contributed by atoms with Crippen LogP contribution in [-0.2, 0) is 16.6 Å². The maximum Gasteiger partial charge on any atom is 0.252 e. The Hall–Kier alpha value is -0.430. The van der Waals surface area contributed by atoms with Crippen LogP contribution in [-0.4, -0.2) is 25.8 Å². The van der Waals surface area contributed by atoms with Crippen LogP contribution in [0.2, 0.25) is 0 Å². The Bertz CT molecular complexity index is 468. The summed E-state index contributed by atoms with van der Waals surface area (Å²) in [4.78, 5) is 0. The lowest BCUT2D eigenvalue weighted by atomic mass is 10.1. The molecule has 4 nitrogen and oxygen atoms in total. The number of sulfonamides is 1. The van der Waals surface area contributed by atoms with Crippen molar-refractivity contribution in [1.29, 1.82) is 0 Å². The number of thiophene rings is 1. The summed E-state index contributed by atoms with van der Waals surface area (Å²) in [7, 11) is -3.35. The molecule has 1 heterocycles. The molecule has 0 aliphatic rings. The van der Waals surface area contributed by atoms with Crippen molar-refractivity contribution in [2.45, 2.75) is 37.9 Å². The minimum Gasteiger partial charge on any atom is -0.326 e. The first-order valence-electron chi connectivity index (χ1n) is 6.23. The van der Waals surface area contributed by atoms with E-state index < -0.39 is 10.0 Å². The van der Waals surface area contributed by atoms with Gasteiger partial charge in [0.15, 0.2) is 0 Å². The van der Waals surface area contributed by atoms with Crippen molar-refractivity contribution in [2.24, 2.45) is 11.7 Å². The zero-order valence-electron chi connectivity index (χ0n) is 11.2. The Morgan fingerprint density at radius 3 is 2.56 bits per heavy atom. The minimum atomic E-state index is -3.35. The van der Waals surface area contributed by atoms with E-state index in [1.54, 1.807) is 10.4 Å². The van der Waals surface area contributed by atoms with E-state index in [2.05, 4.69) is 13.8 Å². The SMILES string of the molecule is CCC(C)CN(CC)S(=O)(=O)c1cc(CN)cs1. The minimum absolute atomic E-state index is 0.369. The highest BCUT2D eigenvalue weighted by Gasteiger charge is 2.25. The van der Waals surface area contributed by atoms with E-state index >= 15 is 0 Å². The molecule has 0 aliphatic heterocycles. The van der Waals surface area contributed by atoms with E-state index in [0.29, 0.717) is 29.8 Å². The zero-order valence-corrected chi connectivity index (χ0v) is 12.9. The second-order valence-electron chi connectivity index (χ2n) is 4.45. The predicted octanol–water partition coefficient (Wildman–Crippen LogP) is 2.26. The van der Waals surface area contributed by atoms with Gasteiger partial charge in [-0.3, -0.25) is 0 Å². The monoisotopic (exact) mass is 290 g/mol. The van der Waals surface area contributed by atoms with Gasteiger partial charge in [-0.1, -0.05) is 27.2 Å². The molecule has 0 amide bonds. The maximum atomic E-state index is 12.4. The fourth-order valence-electron chi connectivity index (χ4n) is 1.60. The highest BCUT2D eigenvalue weighted by atomic mass is 32.2. The van der Waals surface area contributed by atoms with Crippen LogP contribution in [0.3, 0.4) is 0 Å². The third kappa shape index (κ3) is 3.54. The summed E-state index contributed by atoms with van der Waals surface area (Å²) in [6.07, 6.45) is 0.977. The van der Waals surface area contributed by atoms with Gasteiger partial charge in [0.25, 0.3) is 10.0 Å². The summed E-state index contributed by atoms with van der Waals surface area (Å²) in [6.45, 7) is 7.47. The molecule has 1 aromatic rings. The van der Waals surface area contributed by atoms with Crippen LogP contribution in [0.5, 0.6) is 0 Å². The molecule has 18 heavy (non-hydrogen) atoms. The molecule has 0 saturated heterocycles. The number of hydrogen-bond donors (Lipinski definition) is 1. The number of rotatable bonds is 7. The molecule has 0 fully saturated rings. The maximum absolute atomic E-state index is 12.4. The van der Waals surface area contributed by atoms with Gasteiger partial charge in [-0.05, 0) is 22.9 Å². The standard InChI is InChI=1S/C12H22N2O2S2/c1-4-10(3)8-14(5-2)18(15,16)12-6-11(7-13)9-17-12/h6,9-10H,4-5,7-8,13H2,1-3H3. The van der Waals surface area contributed by atoms with E-state index in [-0.39, 0.29) is 0 Å². The summed E-state index contributed by atoms with van der Waals surface area (Å²) < 4.78 is 26.8. The molecule has 1 aromatic heterocycles. The highest BCUT2D eigenvalue weighted by Crippen LogP contribution is 2.24. The molecule has 0 spiro atoms. The zero-order chi connectivity index (χ0) is 13.8. The Morgan fingerprint density at radius 2 is 2.11 bits per heavy atom. The molecule has 104 valence electrons. The summed E-state index contributed by atoms with van der Waals surface area (Å²) >= 11 is 1.25. The summed E-state index contributed by atoms with van der Waals surface area (Å²) in [5.74, 6) is 0.369. The lowest BCUT2D eigenvalue weighted by Crippen LogP contribution is -2.34. The highest BCUT2D eigenvalue weighted by molar-refractivity contribution is 7.91. The Balaban J connectivity index is 2.95. The third-order valence-electron chi connectivity index (χ3n) is 3.02. The van der Waals surface area contributed by atoms with Crippen LogP contribution >= 0.6 is 11.3 Å². The molecular formula is C12H22N2O2S2. The smallest absolute Gasteiger partial charge is 0.252 e. The number of nitrogens with zero attached hydrogens (tertiary/aromatic N) is 1. The van der Waals surface area contributed by atoms with E-state index in [9.17, 15) is 8.42 Å². The summed E-state index contributed by atoms with van der Waals surface area (Å²) in [6, 6.07) is 1.68. The van der Waals surface area contributed by atoms with E-state index in [1.807, 2.05) is 12.3 Å². The van der Waals surface area contributed by atoms with Gasteiger partial charge < -0.3 is 5.73 Å². The first-order chi connectivity index (χ1) is 8.45. The van der Waals surface area contributed by atoms with Gasteiger partial charge in [0.2, 0.25) is 0 Å². The van der Waals surface area contributed by atoms with E-state index in [4.69, 9.17) is 5.73 Å². The fraction of sp³-hybridized carbons (Fsp3) is 0.667. The quantitative estimate of drug-likeness (QED) is 0.838. The van der Waals surface area contributed by atoms with Gasteiger partial charge >= 0.3 is 0 Å².